The van der Waals surface area contributed by atoms with E-state index in [-0.39, 0.29) is 0 Å². The van der Waals surface area contributed by atoms with E-state index < -0.39 is 18.1 Å². The van der Waals surface area contributed by atoms with Gasteiger partial charge in [-0.15, -0.1) is 0 Å². The number of hydrogen-bond donors (Lipinski definition) is 0. The zero-order chi connectivity index (χ0) is 23.5. The molecule has 2 aromatic carbocycles. The summed E-state index contributed by atoms with van der Waals surface area (Å²) in [4.78, 5) is 7.08. The lowest BCUT2D eigenvalue weighted by atomic mass is 10.2. The number of nitrogens with zero attached hydrogens (tertiary/aromatic N) is 3. The summed E-state index contributed by atoms with van der Waals surface area (Å²) >= 11 is 0. The molecule has 0 spiro atoms. The number of rotatable bonds is 8. The SMILES string of the molecule is C[Si](C)(C)CCOc1ccc(S(=O)(=O)N2CCN(Cc3ccccc3)CC2)c2cccnc12. The van der Waals surface area contributed by atoms with Gasteiger partial charge in [0.2, 0.25) is 10.0 Å². The van der Waals surface area contributed by atoms with Crippen LogP contribution in [0, 0.1) is 0 Å². The van der Waals surface area contributed by atoms with Crippen LogP contribution in [-0.2, 0) is 16.6 Å². The van der Waals surface area contributed by atoms with Crippen molar-refractivity contribution >= 4 is 29.0 Å². The van der Waals surface area contributed by atoms with Gasteiger partial charge in [0.25, 0.3) is 0 Å². The number of hydrogen-bond acceptors (Lipinski definition) is 5. The van der Waals surface area contributed by atoms with Crippen LogP contribution in [-0.4, -0.2) is 63.5 Å². The maximum Gasteiger partial charge on any atom is 0.243 e. The second-order valence-electron chi connectivity index (χ2n) is 9.79. The monoisotopic (exact) mass is 483 g/mol. The summed E-state index contributed by atoms with van der Waals surface area (Å²) in [5, 5.41) is 0.620. The van der Waals surface area contributed by atoms with Crippen LogP contribution in [0.2, 0.25) is 25.7 Å². The molecule has 1 saturated heterocycles. The zero-order valence-corrected chi connectivity index (χ0v) is 21.5. The Morgan fingerprint density at radius 1 is 0.939 bits per heavy atom. The third-order valence-corrected chi connectivity index (χ3v) is 9.66. The standard InChI is InChI=1S/C25H33N3O3SSi/c1-33(2,3)19-18-31-23-11-12-24(22-10-7-13-26-25(22)23)32(29,30)28-16-14-27(15-17-28)20-21-8-5-4-6-9-21/h4-13H,14-20H2,1-3H3. The molecule has 6 nitrogen and oxygen atoms in total. The molecule has 1 aliphatic heterocycles. The molecule has 2 heterocycles. The van der Waals surface area contributed by atoms with Crippen molar-refractivity contribution in [1.29, 1.82) is 0 Å². The number of fused-ring (bicyclic) bond motifs is 1. The van der Waals surface area contributed by atoms with E-state index in [0.717, 1.165) is 12.6 Å². The predicted molar refractivity (Wildman–Crippen MR) is 136 cm³/mol. The molecule has 4 rings (SSSR count). The first-order valence-electron chi connectivity index (χ1n) is 11.5. The van der Waals surface area contributed by atoms with E-state index in [0.29, 0.717) is 54.3 Å². The lowest BCUT2D eigenvalue weighted by Crippen LogP contribution is -2.48. The van der Waals surface area contributed by atoms with Crippen LogP contribution < -0.4 is 4.74 Å². The van der Waals surface area contributed by atoms with Gasteiger partial charge < -0.3 is 4.74 Å². The number of aromatic nitrogens is 1. The molecule has 1 aliphatic rings. The van der Waals surface area contributed by atoms with Gasteiger partial charge >= 0.3 is 0 Å². The van der Waals surface area contributed by atoms with Gasteiger partial charge in [0.05, 0.1) is 11.5 Å². The molecule has 8 heteroatoms. The predicted octanol–water partition coefficient (Wildman–Crippen LogP) is 4.46. The van der Waals surface area contributed by atoms with E-state index in [1.165, 1.54) is 5.56 Å². The third-order valence-electron chi connectivity index (χ3n) is 6.00. The number of sulfonamides is 1. The Kier molecular flexibility index (Phi) is 7.18. The molecule has 0 bridgehead atoms. The van der Waals surface area contributed by atoms with Crippen molar-refractivity contribution in [2.75, 3.05) is 32.8 Å². The number of pyridine rings is 1. The summed E-state index contributed by atoms with van der Waals surface area (Å²) in [6, 6.07) is 18.4. The van der Waals surface area contributed by atoms with Crippen LogP contribution >= 0.6 is 0 Å². The highest BCUT2D eigenvalue weighted by Crippen LogP contribution is 2.32. The van der Waals surface area contributed by atoms with Crippen LogP contribution in [0.25, 0.3) is 10.9 Å². The molecule has 33 heavy (non-hydrogen) atoms. The van der Waals surface area contributed by atoms with Crippen molar-refractivity contribution in [3.8, 4) is 5.75 Å². The lowest BCUT2D eigenvalue weighted by molar-refractivity contribution is 0.181. The molecule has 0 unspecified atom stereocenters. The van der Waals surface area contributed by atoms with E-state index in [2.05, 4.69) is 41.7 Å². The summed E-state index contributed by atoms with van der Waals surface area (Å²) in [6.45, 7) is 10.8. The van der Waals surface area contributed by atoms with Crippen LogP contribution in [0.3, 0.4) is 0 Å². The van der Waals surface area contributed by atoms with Crippen molar-refractivity contribution in [2.24, 2.45) is 0 Å². The minimum atomic E-state index is -3.63. The van der Waals surface area contributed by atoms with Crippen LogP contribution in [0.15, 0.2) is 65.7 Å². The molecule has 0 N–H and O–H groups in total. The van der Waals surface area contributed by atoms with Crippen molar-refractivity contribution in [1.82, 2.24) is 14.2 Å². The molecule has 1 fully saturated rings. The maximum atomic E-state index is 13.6. The molecule has 0 aliphatic carbocycles. The molecule has 0 saturated carbocycles. The Balaban J connectivity index is 1.50. The Bertz CT molecular complexity index is 1190. The molecule has 176 valence electrons. The van der Waals surface area contributed by atoms with Gasteiger partial charge in [0.1, 0.15) is 11.3 Å². The first-order valence-corrected chi connectivity index (χ1v) is 16.7. The highest BCUT2D eigenvalue weighted by molar-refractivity contribution is 7.89. The summed E-state index contributed by atoms with van der Waals surface area (Å²) in [7, 11) is -4.85. The summed E-state index contributed by atoms with van der Waals surface area (Å²) in [6.07, 6.45) is 1.69. The zero-order valence-electron chi connectivity index (χ0n) is 19.7. The van der Waals surface area contributed by atoms with Gasteiger partial charge in [-0.3, -0.25) is 9.88 Å². The fraction of sp³-hybridized carbons (Fsp3) is 0.400. The largest absolute Gasteiger partial charge is 0.492 e. The molecule has 0 radical (unpaired) electrons. The van der Waals surface area contributed by atoms with Gasteiger partial charge in [0, 0.05) is 52.4 Å². The fourth-order valence-electron chi connectivity index (χ4n) is 4.04. The van der Waals surface area contributed by atoms with Crippen molar-refractivity contribution in [2.45, 2.75) is 37.1 Å². The smallest absolute Gasteiger partial charge is 0.243 e. The summed E-state index contributed by atoms with van der Waals surface area (Å²) in [5.41, 5.74) is 1.85. The molecular formula is C25H33N3O3SSi. The first-order chi connectivity index (χ1) is 15.7. The van der Waals surface area contributed by atoms with Crippen LogP contribution in [0.4, 0.5) is 0 Å². The van der Waals surface area contributed by atoms with Crippen molar-refractivity contribution in [3.63, 3.8) is 0 Å². The van der Waals surface area contributed by atoms with E-state index in [9.17, 15) is 8.42 Å². The highest BCUT2D eigenvalue weighted by Gasteiger charge is 2.30. The van der Waals surface area contributed by atoms with Crippen molar-refractivity contribution < 1.29 is 13.2 Å². The lowest BCUT2D eigenvalue weighted by Gasteiger charge is -2.34. The van der Waals surface area contributed by atoms with E-state index >= 15 is 0 Å². The molecule has 0 atom stereocenters. The first kappa shape index (κ1) is 23.9. The third kappa shape index (κ3) is 5.81. The minimum Gasteiger partial charge on any atom is -0.492 e. The highest BCUT2D eigenvalue weighted by atomic mass is 32.2. The van der Waals surface area contributed by atoms with Crippen molar-refractivity contribution in [3.05, 3.63) is 66.4 Å². The Morgan fingerprint density at radius 2 is 1.67 bits per heavy atom. The van der Waals surface area contributed by atoms with E-state index in [4.69, 9.17) is 4.74 Å². The van der Waals surface area contributed by atoms with Gasteiger partial charge in [-0.05, 0) is 35.9 Å². The van der Waals surface area contributed by atoms with Gasteiger partial charge in [0.15, 0.2) is 0 Å². The topological polar surface area (TPSA) is 62.7 Å². The summed E-state index contributed by atoms with van der Waals surface area (Å²) in [5.74, 6) is 0.649. The Labute approximate surface area is 198 Å². The average molecular weight is 484 g/mol. The molecule has 1 aromatic heterocycles. The fourth-order valence-corrected chi connectivity index (χ4v) is 6.36. The second kappa shape index (κ2) is 9.93. The minimum absolute atomic E-state index is 0.305. The number of benzene rings is 2. The average Bonchev–Trinajstić information content (AvgIpc) is 2.79. The van der Waals surface area contributed by atoms with E-state index in [1.54, 1.807) is 28.7 Å². The van der Waals surface area contributed by atoms with Gasteiger partial charge in [-0.25, -0.2) is 8.42 Å². The Hall–Kier alpha value is -2.26. The normalized spacial score (nSPS) is 16.2. The Morgan fingerprint density at radius 3 is 2.36 bits per heavy atom. The van der Waals surface area contributed by atoms with Crippen LogP contribution in [0.1, 0.15) is 5.56 Å². The number of piperazine rings is 1. The summed E-state index contributed by atoms with van der Waals surface area (Å²) < 4.78 is 34.8. The number of ether oxygens (including phenoxy) is 1. The van der Waals surface area contributed by atoms with Gasteiger partial charge in [-0.1, -0.05) is 50.0 Å². The molecular weight excluding hydrogens is 450 g/mol. The van der Waals surface area contributed by atoms with E-state index in [1.807, 2.05) is 24.3 Å². The quantitative estimate of drug-likeness (QED) is 0.443. The van der Waals surface area contributed by atoms with Crippen LogP contribution in [0.5, 0.6) is 5.75 Å². The van der Waals surface area contributed by atoms with Gasteiger partial charge in [-0.2, -0.15) is 4.31 Å². The molecule has 3 aromatic rings. The second-order valence-corrected chi connectivity index (χ2v) is 17.3. The maximum absolute atomic E-state index is 13.6. The molecule has 0 amide bonds.